The van der Waals surface area contributed by atoms with Gasteiger partial charge in [-0.2, -0.15) is 26.3 Å². The van der Waals surface area contributed by atoms with Gasteiger partial charge >= 0.3 is 24.3 Å². The normalized spacial score (nSPS) is 12.2. The number of carboxylic acids is 2. The number of nitrogens with one attached hydrogen (secondary N) is 4. The van der Waals surface area contributed by atoms with Gasteiger partial charge in [0.1, 0.15) is 0 Å². The molecule has 0 radical (unpaired) electrons. The Morgan fingerprint density at radius 3 is 1.10 bits per heavy atom. The van der Waals surface area contributed by atoms with E-state index in [-0.39, 0.29) is 36.7 Å². The average Bonchev–Trinajstić information content (AvgIpc) is 2.81. The third-order valence-corrected chi connectivity index (χ3v) is 5.67. The SMILES string of the molecule is C[C@H](N)C(=O)NCC(=O)NCCSSCCNC(=O)CNC(=O)[C@H](C)N.O=C(O)C(F)(F)F.O=C(O)C(F)(F)F. The van der Waals surface area contributed by atoms with Gasteiger partial charge in [-0.05, 0) is 13.8 Å². The highest BCUT2D eigenvalue weighted by atomic mass is 33.1. The van der Waals surface area contributed by atoms with Crippen LogP contribution in [0.4, 0.5) is 26.3 Å². The Kier molecular flexibility index (Phi) is 22.6. The zero-order valence-electron chi connectivity index (χ0n) is 21.0. The van der Waals surface area contributed by atoms with Crippen molar-refractivity contribution in [2.24, 2.45) is 11.5 Å². The summed E-state index contributed by atoms with van der Waals surface area (Å²) in [6, 6.07) is -1.29. The van der Waals surface area contributed by atoms with E-state index in [1.807, 2.05) is 0 Å². The van der Waals surface area contributed by atoms with Crippen LogP contribution in [0, 0.1) is 0 Å². The molecule has 4 amide bonds. The van der Waals surface area contributed by atoms with Crippen LogP contribution in [0.2, 0.25) is 0 Å². The summed E-state index contributed by atoms with van der Waals surface area (Å²) in [5.74, 6) is -5.42. The van der Waals surface area contributed by atoms with Crippen molar-refractivity contribution in [3.63, 3.8) is 0 Å². The Hall–Kier alpha value is -2.98. The van der Waals surface area contributed by atoms with E-state index < -0.39 is 36.4 Å². The molecule has 40 heavy (non-hydrogen) atoms. The number of hydrogen-bond acceptors (Lipinski definition) is 10. The van der Waals surface area contributed by atoms with E-state index in [9.17, 15) is 45.5 Å². The minimum absolute atomic E-state index is 0.0936. The van der Waals surface area contributed by atoms with Gasteiger partial charge in [-0.1, -0.05) is 21.6 Å². The molecule has 0 bridgehead atoms. The van der Waals surface area contributed by atoms with Crippen molar-refractivity contribution in [2.75, 3.05) is 37.7 Å². The van der Waals surface area contributed by atoms with Gasteiger partial charge in [-0.15, -0.1) is 0 Å². The number of aliphatic carboxylic acids is 2. The molecule has 0 saturated carbocycles. The van der Waals surface area contributed by atoms with Crippen LogP contribution in [0.15, 0.2) is 0 Å². The molecule has 22 heteroatoms. The second kappa shape index (κ2) is 21.8. The fourth-order valence-electron chi connectivity index (χ4n) is 1.36. The molecule has 0 unspecified atom stereocenters. The number of carboxylic acid groups (broad SMARTS) is 2. The number of rotatable bonds is 13. The van der Waals surface area contributed by atoms with Crippen molar-refractivity contribution in [3.05, 3.63) is 0 Å². The van der Waals surface area contributed by atoms with Gasteiger partial charge in [-0.3, -0.25) is 19.2 Å². The van der Waals surface area contributed by atoms with Gasteiger partial charge < -0.3 is 42.9 Å². The lowest BCUT2D eigenvalue weighted by Gasteiger charge is -2.09. The highest BCUT2D eigenvalue weighted by Gasteiger charge is 2.38. The van der Waals surface area contributed by atoms with Crippen LogP contribution in [-0.2, 0) is 28.8 Å². The molecule has 0 aromatic carbocycles. The molecule has 0 spiro atoms. The van der Waals surface area contributed by atoms with Crippen molar-refractivity contribution in [1.82, 2.24) is 21.3 Å². The van der Waals surface area contributed by atoms with Crippen molar-refractivity contribution in [3.8, 4) is 0 Å². The van der Waals surface area contributed by atoms with Crippen LogP contribution in [0.1, 0.15) is 13.8 Å². The highest BCUT2D eigenvalue weighted by Crippen LogP contribution is 2.19. The monoisotopic (exact) mass is 636 g/mol. The molecular formula is C18H30F6N6O8S2. The van der Waals surface area contributed by atoms with E-state index >= 15 is 0 Å². The summed E-state index contributed by atoms with van der Waals surface area (Å²) < 4.78 is 63.5. The molecule has 0 fully saturated rings. The Labute approximate surface area is 231 Å². The summed E-state index contributed by atoms with van der Waals surface area (Å²) in [4.78, 5) is 63.1. The molecule has 0 aromatic heterocycles. The standard InChI is InChI=1S/C14H28N6O4S2.2C2HF3O2/c1-9(15)13(23)19-7-11(21)17-3-5-25-26-6-4-18-12(22)8-20-14(24)10(2)16;2*3-2(4,5)1(6)7/h9-10H,3-8,15-16H2,1-2H3,(H,17,21)(H,18,22)(H,19,23)(H,20,24);2*(H,6,7)/t9-,10-;;/m0../s1. The van der Waals surface area contributed by atoms with Crippen LogP contribution < -0.4 is 32.7 Å². The second-order valence-corrected chi connectivity index (χ2v) is 9.66. The Morgan fingerprint density at radius 2 is 0.900 bits per heavy atom. The number of hydrogen-bond donors (Lipinski definition) is 8. The number of halogens is 6. The first-order valence-corrected chi connectivity index (χ1v) is 13.1. The Bertz CT molecular complexity index is 766. The van der Waals surface area contributed by atoms with Crippen molar-refractivity contribution in [2.45, 2.75) is 38.3 Å². The van der Waals surface area contributed by atoms with Crippen LogP contribution in [0.5, 0.6) is 0 Å². The Balaban J connectivity index is -0.000000795. The first-order valence-electron chi connectivity index (χ1n) is 10.6. The molecule has 14 nitrogen and oxygen atoms in total. The predicted octanol–water partition coefficient (Wildman–Crippen LogP) is -1.21. The lowest BCUT2D eigenvalue weighted by molar-refractivity contribution is -0.193. The van der Waals surface area contributed by atoms with Crippen molar-refractivity contribution >= 4 is 57.2 Å². The van der Waals surface area contributed by atoms with Gasteiger partial charge in [-0.25, -0.2) is 9.59 Å². The summed E-state index contributed by atoms with van der Waals surface area (Å²) in [5.41, 5.74) is 10.7. The minimum atomic E-state index is -5.08. The third kappa shape index (κ3) is 28.0. The van der Waals surface area contributed by atoms with Gasteiger partial charge in [0.2, 0.25) is 23.6 Å². The zero-order chi connectivity index (χ0) is 32.1. The number of carbonyl (C=O) groups is 6. The molecule has 2 atom stereocenters. The molecule has 0 aliphatic heterocycles. The molecule has 234 valence electrons. The van der Waals surface area contributed by atoms with Crippen molar-refractivity contribution < 1.29 is 65.3 Å². The third-order valence-electron chi connectivity index (χ3n) is 3.26. The molecule has 0 heterocycles. The van der Waals surface area contributed by atoms with E-state index in [1.165, 1.54) is 0 Å². The van der Waals surface area contributed by atoms with Crippen LogP contribution >= 0.6 is 21.6 Å². The van der Waals surface area contributed by atoms with E-state index in [0.29, 0.717) is 24.6 Å². The molecule has 0 saturated heterocycles. The maximum Gasteiger partial charge on any atom is 0.490 e. The van der Waals surface area contributed by atoms with Crippen molar-refractivity contribution in [1.29, 1.82) is 0 Å². The highest BCUT2D eigenvalue weighted by molar-refractivity contribution is 8.76. The summed E-state index contributed by atoms with van der Waals surface area (Å²) in [5, 5.41) is 24.4. The molecule has 0 aliphatic carbocycles. The number of amides is 4. The number of alkyl halides is 6. The minimum Gasteiger partial charge on any atom is -0.475 e. The van der Waals surface area contributed by atoms with Gasteiger partial charge in [0.15, 0.2) is 0 Å². The average molecular weight is 637 g/mol. The topological polar surface area (TPSA) is 243 Å². The molecule has 0 rings (SSSR count). The lowest BCUT2D eigenvalue weighted by atomic mass is 10.3. The molecule has 0 aliphatic rings. The largest absolute Gasteiger partial charge is 0.490 e. The maximum absolute atomic E-state index is 11.5. The van der Waals surface area contributed by atoms with Gasteiger partial charge in [0, 0.05) is 24.6 Å². The number of carbonyl (C=O) groups excluding carboxylic acids is 4. The summed E-state index contributed by atoms with van der Waals surface area (Å²) in [6.07, 6.45) is -10.2. The summed E-state index contributed by atoms with van der Waals surface area (Å²) in [7, 11) is 3.11. The maximum atomic E-state index is 11.5. The van der Waals surface area contributed by atoms with Gasteiger partial charge in [0.25, 0.3) is 0 Å². The quantitative estimate of drug-likeness (QED) is 0.0675. The van der Waals surface area contributed by atoms with Gasteiger partial charge in [0.05, 0.1) is 25.2 Å². The van der Waals surface area contributed by atoms with E-state index in [4.69, 9.17) is 31.3 Å². The zero-order valence-corrected chi connectivity index (χ0v) is 22.6. The van der Waals surface area contributed by atoms with E-state index in [1.54, 1.807) is 35.4 Å². The first-order chi connectivity index (χ1) is 18.1. The number of nitrogens with two attached hydrogens (primary N) is 2. The summed E-state index contributed by atoms with van der Waals surface area (Å²) >= 11 is 0. The molecule has 10 N–H and O–H groups in total. The Morgan fingerprint density at radius 1 is 0.650 bits per heavy atom. The fraction of sp³-hybridized carbons (Fsp3) is 0.667. The first kappa shape index (κ1) is 41.5. The van der Waals surface area contributed by atoms with E-state index in [0.717, 1.165) is 0 Å². The fourth-order valence-corrected chi connectivity index (χ4v) is 3.18. The van der Waals surface area contributed by atoms with Crippen LogP contribution in [-0.4, -0.2) is 108 Å². The predicted molar refractivity (Wildman–Crippen MR) is 132 cm³/mol. The molecular weight excluding hydrogens is 606 g/mol. The van der Waals surface area contributed by atoms with Crippen LogP contribution in [0.25, 0.3) is 0 Å². The smallest absolute Gasteiger partial charge is 0.475 e. The van der Waals surface area contributed by atoms with E-state index in [2.05, 4.69) is 21.3 Å². The summed E-state index contributed by atoms with van der Waals surface area (Å²) in [6.45, 7) is 3.84. The second-order valence-electron chi connectivity index (χ2n) is 6.96. The molecule has 0 aromatic rings. The van der Waals surface area contributed by atoms with Crippen LogP contribution in [0.3, 0.4) is 0 Å². The lowest BCUT2D eigenvalue weighted by Crippen LogP contribution is -2.43.